The first-order valence-electron chi connectivity index (χ1n) is 10.1. The number of aromatic nitrogens is 4. The summed E-state index contributed by atoms with van der Waals surface area (Å²) in [6.45, 7) is 5.39. The van der Waals surface area contributed by atoms with Crippen LogP contribution in [0, 0.1) is 13.8 Å². The predicted molar refractivity (Wildman–Crippen MR) is 124 cm³/mol. The van der Waals surface area contributed by atoms with E-state index in [1.54, 1.807) is 20.8 Å². The molecule has 5 rings (SSSR count). The molecule has 0 radical (unpaired) electrons. The van der Waals surface area contributed by atoms with E-state index in [1.165, 1.54) is 11.8 Å². The lowest BCUT2D eigenvalue weighted by Gasteiger charge is -2.25. The highest BCUT2D eigenvalue weighted by Gasteiger charge is 2.21. The molecule has 0 atom stereocenters. The van der Waals surface area contributed by atoms with E-state index in [0.29, 0.717) is 42.2 Å². The molecule has 0 unspecified atom stereocenters. The molecule has 1 aliphatic heterocycles. The van der Waals surface area contributed by atoms with Crippen LogP contribution in [0.5, 0.6) is 11.5 Å². The summed E-state index contributed by atoms with van der Waals surface area (Å²) in [6, 6.07) is 11.6. The number of benzene rings is 1. The quantitative estimate of drug-likeness (QED) is 0.398. The Morgan fingerprint density at radius 3 is 2.81 bits per heavy atom. The highest BCUT2D eigenvalue weighted by molar-refractivity contribution is 7.99. The molecule has 0 saturated carbocycles. The summed E-state index contributed by atoms with van der Waals surface area (Å²) in [4.78, 5) is 25.1. The molecule has 0 saturated heterocycles. The molecular weight excluding hydrogens is 446 g/mol. The summed E-state index contributed by atoms with van der Waals surface area (Å²) in [5, 5.41) is 7.03. The van der Waals surface area contributed by atoms with Gasteiger partial charge in [0.2, 0.25) is 11.1 Å². The van der Waals surface area contributed by atoms with Crippen molar-refractivity contribution in [1.82, 2.24) is 19.6 Å². The predicted octanol–water partition coefficient (Wildman–Crippen LogP) is 3.90. The van der Waals surface area contributed by atoms with Crippen LogP contribution < -0.4 is 14.4 Å². The number of hydrogen-bond donors (Lipinski definition) is 0. The van der Waals surface area contributed by atoms with Gasteiger partial charge in [0.1, 0.15) is 13.2 Å². The third-order valence-electron chi connectivity index (χ3n) is 4.96. The molecule has 164 valence electrons. The largest absolute Gasteiger partial charge is 0.486 e. The van der Waals surface area contributed by atoms with Crippen molar-refractivity contribution in [3.05, 3.63) is 58.0 Å². The SMILES string of the molecule is Cc1cc(C)n2nc(SCC(=O)N(Cc3cccs3)c3ccc4c(c3)OCCO4)nc2n1. The van der Waals surface area contributed by atoms with Gasteiger partial charge in [0.05, 0.1) is 12.3 Å². The van der Waals surface area contributed by atoms with E-state index in [1.807, 2.05) is 55.6 Å². The molecule has 10 heteroatoms. The van der Waals surface area contributed by atoms with Crippen LogP contribution in [-0.4, -0.2) is 44.5 Å². The average Bonchev–Trinajstić information content (AvgIpc) is 3.45. The topological polar surface area (TPSA) is 81.9 Å². The van der Waals surface area contributed by atoms with E-state index < -0.39 is 0 Å². The summed E-state index contributed by atoms with van der Waals surface area (Å²) in [5.41, 5.74) is 2.61. The van der Waals surface area contributed by atoms with Gasteiger partial charge in [-0.2, -0.15) is 4.98 Å². The van der Waals surface area contributed by atoms with Crippen LogP contribution in [0.1, 0.15) is 16.3 Å². The fraction of sp³-hybridized carbons (Fsp3) is 0.273. The third-order valence-corrected chi connectivity index (χ3v) is 6.64. The number of thioether (sulfide) groups is 1. The van der Waals surface area contributed by atoms with E-state index >= 15 is 0 Å². The molecule has 0 spiro atoms. The number of anilines is 1. The first kappa shape index (κ1) is 20.8. The molecule has 1 aromatic carbocycles. The van der Waals surface area contributed by atoms with E-state index in [4.69, 9.17) is 9.47 Å². The van der Waals surface area contributed by atoms with Crippen LogP contribution in [0.2, 0.25) is 0 Å². The van der Waals surface area contributed by atoms with Crippen molar-refractivity contribution in [1.29, 1.82) is 0 Å². The first-order chi connectivity index (χ1) is 15.6. The van der Waals surface area contributed by atoms with Crippen molar-refractivity contribution >= 4 is 40.5 Å². The molecule has 8 nitrogen and oxygen atoms in total. The van der Waals surface area contributed by atoms with Crippen LogP contribution in [0.15, 0.2) is 46.9 Å². The van der Waals surface area contributed by atoms with E-state index in [2.05, 4.69) is 15.1 Å². The number of thiophene rings is 1. The number of carbonyl (C=O) groups excluding carboxylic acids is 1. The van der Waals surface area contributed by atoms with Crippen molar-refractivity contribution in [3.63, 3.8) is 0 Å². The van der Waals surface area contributed by atoms with Crippen molar-refractivity contribution in [2.75, 3.05) is 23.9 Å². The molecule has 32 heavy (non-hydrogen) atoms. The summed E-state index contributed by atoms with van der Waals surface area (Å²) in [7, 11) is 0. The maximum absolute atomic E-state index is 13.3. The number of nitrogens with zero attached hydrogens (tertiary/aromatic N) is 5. The van der Waals surface area contributed by atoms with Crippen molar-refractivity contribution in [3.8, 4) is 11.5 Å². The van der Waals surface area contributed by atoms with Gasteiger partial charge in [0.15, 0.2) is 11.5 Å². The zero-order valence-corrected chi connectivity index (χ0v) is 19.3. The molecule has 0 fully saturated rings. The molecule has 0 aliphatic carbocycles. The summed E-state index contributed by atoms with van der Waals surface area (Å²) in [5.74, 6) is 2.06. The van der Waals surface area contributed by atoms with E-state index in [9.17, 15) is 4.79 Å². The number of aryl methyl sites for hydroxylation is 2. The Morgan fingerprint density at radius 1 is 1.16 bits per heavy atom. The van der Waals surface area contributed by atoms with Crippen LogP contribution >= 0.6 is 23.1 Å². The Balaban J connectivity index is 1.38. The van der Waals surface area contributed by atoms with E-state index in [0.717, 1.165) is 22.0 Å². The monoisotopic (exact) mass is 467 g/mol. The summed E-state index contributed by atoms with van der Waals surface area (Å²) < 4.78 is 13.0. The second kappa shape index (κ2) is 8.79. The number of hydrogen-bond acceptors (Lipinski definition) is 8. The Labute approximate surface area is 193 Å². The highest BCUT2D eigenvalue weighted by Crippen LogP contribution is 2.35. The van der Waals surface area contributed by atoms with Gasteiger partial charge in [-0.3, -0.25) is 4.79 Å². The van der Waals surface area contributed by atoms with Gasteiger partial charge >= 0.3 is 0 Å². The van der Waals surface area contributed by atoms with Gasteiger partial charge in [-0.05, 0) is 43.5 Å². The Morgan fingerprint density at radius 2 is 2.00 bits per heavy atom. The number of amides is 1. The number of ether oxygens (including phenoxy) is 2. The normalized spacial score (nSPS) is 12.8. The first-order valence-corrected chi connectivity index (χ1v) is 12.0. The lowest BCUT2D eigenvalue weighted by Crippen LogP contribution is -2.31. The lowest BCUT2D eigenvalue weighted by molar-refractivity contribution is -0.116. The molecule has 1 amide bonds. The second-order valence-electron chi connectivity index (χ2n) is 7.32. The number of fused-ring (bicyclic) bond motifs is 2. The highest BCUT2D eigenvalue weighted by atomic mass is 32.2. The lowest BCUT2D eigenvalue weighted by atomic mass is 10.2. The Hall–Kier alpha value is -3.11. The van der Waals surface area contributed by atoms with Gasteiger partial charge in [-0.1, -0.05) is 17.8 Å². The molecule has 3 aromatic heterocycles. The minimum atomic E-state index is -0.0419. The smallest absolute Gasteiger partial charge is 0.253 e. The van der Waals surface area contributed by atoms with Crippen LogP contribution in [0.3, 0.4) is 0 Å². The summed E-state index contributed by atoms with van der Waals surface area (Å²) in [6.07, 6.45) is 0. The minimum Gasteiger partial charge on any atom is -0.486 e. The maximum Gasteiger partial charge on any atom is 0.253 e. The molecule has 0 N–H and O–H groups in total. The van der Waals surface area contributed by atoms with Gasteiger partial charge in [-0.25, -0.2) is 9.50 Å². The molecule has 4 aromatic rings. The second-order valence-corrected chi connectivity index (χ2v) is 9.30. The van der Waals surface area contributed by atoms with Gasteiger partial charge in [0.25, 0.3) is 5.78 Å². The minimum absolute atomic E-state index is 0.0419. The zero-order valence-electron chi connectivity index (χ0n) is 17.6. The standard InChI is InChI=1S/C22H21N5O3S2/c1-14-10-15(2)27-21(23-14)24-22(25-27)32-13-20(28)26(12-17-4-3-9-31-17)16-5-6-18-19(11-16)30-8-7-29-18/h3-6,9-11H,7-8,12-13H2,1-2H3. The molecule has 4 heterocycles. The Kier molecular flexibility index (Phi) is 5.71. The fourth-order valence-corrected chi connectivity index (χ4v) is 4.88. The molecular formula is C22H21N5O3S2. The molecule has 0 bridgehead atoms. The van der Waals surface area contributed by atoms with Gasteiger partial charge in [-0.15, -0.1) is 16.4 Å². The van der Waals surface area contributed by atoms with Crippen LogP contribution in [-0.2, 0) is 11.3 Å². The third kappa shape index (κ3) is 4.28. The maximum atomic E-state index is 13.3. The number of carbonyl (C=O) groups is 1. The average molecular weight is 468 g/mol. The molecule has 1 aliphatic rings. The van der Waals surface area contributed by atoms with Crippen molar-refractivity contribution < 1.29 is 14.3 Å². The fourth-order valence-electron chi connectivity index (χ4n) is 3.50. The summed E-state index contributed by atoms with van der Waals surface area (Å²) >= 11 is 2.93. The van der Waals surface area contributed by atoms with Crippen LogP contribution in [0.25, 0.3) is 5.78 Å². The van der Waals surface area contributed by atoms with Crippen molar-refractivity contribution in [2.45, 2.75) is 25.5 Å². The van der Waals surface area contributed by atoms with Gasteiger partial charge in [0, 0.05) is 28.0 Å². The van der Waals surface area contributed by atoms with Gasteiger partial charge < -0.3 is 14.4 Å². The van der Waals surface area contributed by atoms with Crippen LogP contribution in [0.4, 0.5) is 5.69 Å². The Bertz CT molecular complexity index is 1270. The van der Waals surface area contributed by atoms with E-state index in [-0.39, 0.29) is 11.7 Å². The zero-order chi connectivity index (χ0) is 22.1. The number of rotatable bonds is 6. The van der Waals surface area contributed by atoms with Crippen molar-refractivity contribution in [2.24, 2.45) is 0 Å².